The Morgan fingerprint density at radius 1 is 1.35 bits per heavy atom. The van der Waals surface area contributed by atoms with Crippen LogP contribution in [0.4, 0.5) is 14.5 Å². The van der Waals surface area contributed by atoms with Gasteiger partial charge in [-0.05, 0) is 25.0 Å². The third-order valence-electron chi connectivity index (χ3n) is 3.43. The molecule has 1 aliphatic heterocycles. The molecule has 1 aromatic rings. The third-order valence-corrected chi connectivity index (χ3v) is 3.82. The standard InChI is InChI=1S/C13H14F2N2O2S/c14-8-1-2-10(9(15)7-8)17-12(18)13(11(16)20)3-5-19-6-4-13/h1-2,7H,3-6H2,(H2,16,20)(H,17,18). The maximum atomic E-state index is 13.6. The smallest absolute Gasteiger partial charge is 0.237 e. The van der Waals surface area contributed by atoms with Crippen LogP contribution in [0.1, 0.15) is 12.8 Å². The molecule has 20 heavy (non-hydrogen) atoms. The maximum Gasteiger partial charge on any atom is 0.237 e. The SMILES string of the molecule is NC(=S)C1(C(=O)Nc2ccc(F)cc2F)CCOCC1. The van der Waals surface area contributed by atoms with Crippen molar-refractivity contribution in [2.45, 2.75) is 12.8 Å². The number of thiocarbonyl (C=S) groups is 1. The zero-order valence-corrected chi connectivity index (χ0v) is 11.4. The number of hydrogen-bond acceptors (Lipinski definition) is 3. The fourth-order valence-electron chi connectivity index (χ4n) is 2.14. The molecule has 2 rings (SSSR count). The van der Waals surface area contributed by atoms with Gasteiger partial charge in [-0.3, -0.25) is 4.79 Å². The van der Waals surface area contributed by atoms with Gasteiger partial charge in [0.1, 0.15) is 17.0 Å². The van der Waals surface area contributed by atoms with Crippen molar-refractivity contribution in [2.75, 3.05) is 18.5 Å². The number of anilines is 1. The first kappa shape index (κ1) is 14.8. The normalized spacial score (nSPS) is 17.5. The van der Waals surface area contributed by atoms with E-state index < -0.39 is 23.0 Å². The minimum absolute atomic E-state index is 0.0563. The van der Waals surface area contributed by atoms with Gasteiger partial charge in [0.05, 0.1) is 10.7 Å². The Kier molecular flexibility index (Phi) is 4.29. The van der Waals surface area contributed by atoms with Crippen LogP contribution < -0.4 is 11.1 Å². The number of carbonyl (C=O) groups is 1. The summed E-state index contributed by atoms with van der Waals surface area (Å²) in [5.41, 5.74) is 4.53. The molecular formula is C13H14F2N2O2S. The zero-order valence-electron chi connectivity index (χ0n) is 10.6. The summed E-state index contributed by atoms with van der Waals surface area (Å²) in [4.78, 5) is 12.4. The van der Waals surface area contributed by atoms with E-state index in [9.17, 15) is 13.6 Å². The van der Waals surface area contributed by atoms with Crippen molar-refractivity contribution in [3.8, 4) is 0 Å². The molecule has 0 atom stereocenters. The van der Waals surface area contributed by atoms with Gasteiger partial charge in [-0.2, -0.15) is 0 Å². The van der Waals surface area contributed by atoms with E-state index in [4.69, 9.17) is 22.7 Å². The van der Waals surface area contributed by atoms with Crippen LogP contribution in [0.15, 0.2) is 18.2 Å². The largest absolute Gasteiger partial charge is 0.392 e. The highest BCUT2D eigenvalue weighted by Crippen LogP contribution is 2.33. The molecule has 4 nitrogen and oxygen atoms in total. The second kappa shape index (κ2) is 5.80. The Balaban J connectivity index is 2.22. The van der Waals surface area contributed by atoms with E-state index in [-0.39, 0.29) is 10.7 Å². The molecule has 0 saturated carbocycles. The first-order valence-electron chi connectivity index (χ1n) is 6.10. The molecule has 1 aliphatic rings. The Bertz CT molecular complexity index is 545. The number of carbonyl (C=O) groups excluding carboxylic acids is 1. The van der Waals surface area contributed by atoms with Gasteiger partial charge in [-0.25, -0.2) is 8.78 Å². The number of rotatable bonds is 3. The summed E-state index contributed by atoms with van der Waals surface area (Å²) in [5.74, 6) is -2.04. The predicted octanol–water partition coefficient (Wildman–Crippen LogP) is 1.99. The minimum atomic E-state index is -1.05. The molecule has 1 fully saturated rings. The van der Waals surface area contributed by atoms with Crippen molar-refractivity contribution >= 4 is 28.8 Å². The lowest BCUT2D eigenvalue weighted by Crippen LogP contribution is -2.49. The first-order chi connectivity index (χ1) is 9.45. The number of halogens is 2. The van der Waals surface area contributed by atoms with E-state index >= 15 is 0 Å². The minimum Gasteiger partial charge on any atom is -0.392 e. The summed E-state index contributed by atoms with van der Waals surface area (Å²) in [7, 11) is 0. The van der Waals surface area contributed by atoms with Crippen LogP contribution in [0.2, 0.25) is 0 Å². The van der Waals surface area contributed by atoms with E-state index in [1.54, 1.807) is 0 Å². The molecule has 1 heterocycles. The lowest BCUT2D eigenvalue weighted by atomic mass is 9.79. The van der Waals surface area contributed by atoms with Crippen molar-refractivity contribution in [3.05, 3.63) is 29.8 Å². The van der Waals surface area contributed by atoms with Crippen molar-refractivity contribution in [1.82, 2.24) is 0 Å². The molecule has 0 aromatic heterocycles. The average Bonchev–Trinajstić information content (AvgIpc) is 2.42. The van der Waals surface area contributed by atoms with Gasteiger partial charge in [-0.15, -0.1) is 0 Å². The van der Waals surface area contributed by atoms with Gasteiger partial charge in [0.2, 0.25) is 5.91 Å². The van der Waals surface area contributed by atoms with E-state index in [1.165, 1.54) is 0 Å². The van der Waals surface area contributed by atoms with Crippen LogP contribution in [-0.2, 0) is 9.53 Å². The molecule has 108 valence electrons. The average molecular weight is 300 g/mol. The van der Waals surface area contributed by atoms with E-state index in [1.807, 2.05) is 0 Å². The van der Waals surface area contributed by atoms with Gasteiger partial charge in [-0.1, -0.05) is 12.2 Å². The van der Waals surface area contributed by atoms with Gasteiger partial charge >= 0.3 is 0 Å². The van der Waals surface area contributed by atoms with Gasteiger partial charge in [0.25, 0.3) is 0 Å². The zero-order chi connectivity index (χ0) is 14.8. The molecule has 1 saturated heterocycles. The van der Waals surface area contributed by atoms with Crippen molar-refractivity contribution < 1.29 is 18.3 Å². The Labute approximate surface area is 120 Å². The highest BCUT2D eigenvalue weighted by Gasteiger charge is 2.43. The first-order valence-corrected chi connectivity index (χ1v) is 6.51. The lowest BCUT2D eigenvalue weighted by molar-refractivity contribution is -0.126. The second-order valence-corrected chi connectivity index (χ2v) is 5.08. The number of nitrogens with two attached hydrogens (primary N) is 1. The van der Waals surface area contributed by atoms with E-state index in [2.05, 4.69) is 5.32 Å². The number of hydrogen-bond donors (Lipinski definition) is 2. The second-order valence-electron chi connectivity index (χ2n) is 4.64. The van der Waals surface area contributed by atoms with Crippen LogP contribution in [0.25, 0.3) is 0 Å². The summed E-state index contributed by atoms with van der Waals surface area (Å²) in [6.07, 6.45) is 0.688. The third kappa shape index (κ3) is 2.78. The van der Waals surface area contributed by atoms with Crippen molar-refractivity contribution in [3.63, 3.8) is 0 Å². The summed E-state index contributed by atoms with van der Waals surface area (Å²) in [6, 6.07) is 2.93. The quantitative estimate of drug-likeness (QED) is 0.838. The molecule has 3 N–H and O–H groups in total. The molecule has 0 unspecified atom stereocenters. The number of nitrogens with one attached hydrogen (secondary N) is 1. The highest BCUT2D eigenvalue weighted by atomic mass is 32.1. The molecule has 0 spiro atoms. The van der Waals surface area contributed by atoms with Crippen LogP contribution in [-0.4, -0.2) is 24.1 Å². The molecule has 0 radical (unpaired) electrons. The predicted molar refractivity (Wildman–Crippen MR) is 74.3 cm³/mol. The lowest BCUT2D eigenvalue weighted by Gasteiger charge is -2.34. The van der Waals surface area contributed by atoms with Crippen LogP contribution >= 0.6 is 12.2 Å². The Morgan fingerprint density at radius 2 is 2.00 bits per heavy atom. The fourth-order valence-corrected chi connectivity index (χ4v) is 2.43. The molecule has 0 bridgehead atoms. The van der Waals surface area contributed by atoms with Crippen LogP contribution in [0.3, 0.4) is 0 Å². The van der Waals surface area contributed by atoms with Crippen molar-refractivity contribution in [1.29, 1.82) is 0 Å². The molecule has 1 amide bonds. The fraction of sp³-hybridized carbons (Fsp3) is 0.385. The summed E-state index contributed by atoms with van der Waals surface area (Å²) in [6.45, 7) is 0.716. The molecule has 1 aromatic carbocycles. The summed E-state index contributed by atoms with van der Waals surface area (Å²) >= 11 is 4.98. The van der Waals surface area contributed by atoms with Crippen LogP contribution in [0.5, 0.6) is 0 Å². The van der Waals surface area contributed by atoms with Crippen molar-refractivity contribution in [2.24, 2.45) is 11.1 Å². The molecule has 0 aliphatic carbocycles. The number of ether oxygens (including phenoxy) is 1. The number of benzene rings is 1. The maximum absolute atomic E-state index is 13.6. The monoisotopic (exact) mass is 300 g/mol. The Hall–Kier alpha value is -1.60. The van der Waals surface area contributed by atoms with Crippen LogP contribution in [0, 0.1) is 17.0 Å². The highest BCUT2D eigenvalue weighted by molar-refractivity contribution is 7.80. The van der Waals surface area contributed by atoms with Gasteiger partial charge in [0, 0.05) is 19.3 Å². The summed E-state index contributed by atoms with van der Waals surface area (Å²) in [5, 5.41) is 2.43. The topological polar surface area (TPSA) is 64.4 Å². The van der Waals surface area contributed by atoms with Gasteiger partial charge < -0.3 is 15.8 Å². The molecular weight excluding hydrogens is 286 g/mol. The van der Waals surface area contributed by atoms with E-state index in [0.717, 1.165) is 12.1 Å². The Morgan fingerprint density at radius 3 is 2.55 bits per heavy atom. The summed E-state index contributed by atoms with van der Waals surface area (Å²) < 4.78 is 31.6. The molecule has 7 heteroatoms. The van der Waals surface area contributed by atoms with Gasteiger partial charge in [0.15, 0.2) is 0 Å². The van der Waals surface area contributed by atoms with E-state index in [0.29, 0.717) is 32.1 Å². The number of amides is 1.